The highest BCUT2D eigenvalue weighted by Gasteiger charge is 2.47. The molecular formula is C18H30N2O4S. The number of carbonyl (C=O) groups is 1. The quantitative estimate of drug-likeness (QED) is 0.572. The van der Waals surface area contributed by atoms with Crippen molar-refractivity contribution >= 4 is 23.2 Å². The summed E-state index contributed by atoms with van der Waals surface area (Å²) in [6.45, 7) is 5.89. The van der Waals surface area contributed by atoms with Gasteiger partial charge in [-0.1, -0.05) is 0 Å². The summed E-state index contributed by atoms with van der Waals surface area (Å²) < 4.78 is 17.2. The molecular weight excluding hydrogens is 340 g/mol. The summed E-state index contributed by atoms with van der Waals surface area (Å²) in [5, 5.41) is 3.37. The summed E-state index contributed by atoms with van der Waals surface area (Å²) in [4.78, 5) is 14.1. The summed E-state index contributed by atoms with van der Waals surface area (Å²) in [7, 11) is 0. The summed E-state index contributed by atoms with van der Waals surface area (Å²) in [6, 6.07) is 0.313. The molecule has 3 rings (SSSR count). The molecule has 25 heavy (non-hydrogen) atoms. The standard InChI is InChI=1S/C18H30N2O4S/c1-18(2)16(21)19-17(25)20(18)13-6-8-14(9-7-13)22-11-12-24-15-5-3-4-10-23-15/h13-15H,3-12H2,1-2H3,(H,19,21,25)/t13-,14-,15?. The molecule has 0 aromatic rings. The van der Waals surface area contributed by atoms with E-state index < -0.39 is 5.54 Å². The van der Waals surface area contributed by atoms with Gasteiger partial charge in [-0.3, -0.25) is 4.79 Å². The molecule has 0 spiro atoms. The molecule has 1 amide bonds. The first-order chi connectivity index (χ1) is 12.0. The number of nitrogens with zero attached hydrogens (tertiary/aromatic N) is 1. The van der Waals surface area contributed by atoms with Crippen LogP contribution in [0.5, 0.6) is 0 Å². The largest absolute Gasteiger partial charge is 0.376 e. The molecule has 0 bridgehead atoms. The molecule has 1 unspecified atom stereocenters. The van der Waals surface area contributed by atoms with Crippen molar-refractivity contribution in [1.82, 2.24) is 10.2 Å². The number of hydrogen-bond donors (Lipinski definition) is 1. The van der Waals surface area contributed by atoms with E-state index in [2.05, 4.69) is 10.2 Å². The van der Waals surface area contributed by atoms with E-state index >= 15 is 0 Å². The molecule has 1 N–H and O–H groups in total. The van der Waals surface area contributed by atoms with Gasteiger partial charge in [-0.05, 0) is 71.0 Å². The molecule has 0 radical (unpaired) electrons. The maximum atomic E-state index is 12.0. The van der Waals surface area contributed by atoms with Crippen LogP contribution in [-0.4, -0.2) is 59.7 Å². The third kappa shape index (κ3) is 4.51. The zero-order valence-electron chi connectivity index (χ0n) is 15.3. The molecule has 3 aliphatic rings. The molecule has 0 aromatic carbocycles. The predicted octanol–water partition coefficient (Wildman–Crippen LogP) is 2.35. The Balaban J connectivity index is 1.36. The molecule has 6 nitrogen and oxygen atoms in total. The number of amides is 1. The molecule has 142 valence electrons. The van der Waals surface area contributed by atoms with Gasteiger partial charge in [-0.25, -0.2) is 0 Å². The van der Waals surface area contributed by atoms with E-state index in [1.165, 1.54) is 6.42 Å². The van der Waals surface area contributed by atoms with E-state index in [1.54, 1.807) is 0 Å². The third-order valence-corrected chi connectivity index (χ3v) is 5.78. The lowest BCUT2D eigenvalue weighted by Crippen LogP contribution is -2.51. The zero-order valence-corrected chi connectivity index (χ0v) is 16.1. The van der Waals surface area contributed by atoms with E-state index in [0.29, 0.717) is 24.4 Å². The smallest absolute Gasteiger partial charge is 0.251 e. The molecule has 1 aliphatic carbocycles. The van der Waals surface area contributed by atoms with E-state index in [1.807, 2.05) is 13.8 Å². The molecule has 3 fully saturated rings. The first kappa shape index (κ1) is 19.0. The molecule has 2 heterocycles. The Bertz CT molecular complexity index is 485. The van der Waals surface area contributed by atoms with Gasteiger partial charge in [0.05, 0.1) is 19.3 Å². The van der Waals surface area contributed by atoms with Crippen LogP contribution in [-0.2, 0) is 19.0 Å². The van der Waals surface area contributed by atoms with E-state index in [0.717, 1.165) is 45.1 Å². The number of hydrogen-bond acceptors (Lipinski definition) is 5. The lowest BCUT2D eigenvalue weighted by atomic mass is 9.89. The average Bonchev–Trinajstić information content (AvgIpc) is 2.81. The highest BCUT2D eigenvalue weighted by molar-refractivity contribution is 7.80. The van der Waals surface area contributed by atoms with Gasteiger partial charge in [0.1, 0.15) is 5.54 Å². The van der Waals surface area contributed by atoms with Gasteiger partial charge < -0.3 is 24.4 Å². The van der Waals surface area contributed by atoms with Crippen molar-refractivity contribution in [2.45, 2.75) is 82.8 Å². The predicted molar refractivity (Wildman–Crippen MR) is 98.2 cm³/mol. The molecule has 2 saturated heterocycles. The Morgan fingerprint density at radius 3 is 2.48 bits per heavy atom. The van der Waals surface area contributed by atoms with Crippen molar-refractivity contribution in [2.24, 2.45) is 0 Å². The number of ether oxygens (including phenoxy) is 3. The zero-order chi connectivity index (χ0) is 17.9. The maximum absolute atomic E-state index is 12.0. The fourth-order valence-electron chi connectivity index (χ4n) is 4.00. The van der Waals surface area contributed by atoms with Crippen LogP contribution in [0.2, 0.25) is 0 Å². The maximum Gasteiger partial charge on any atom is 0.251 e. The first-order valence-corrected chi connectivity index (χ1v) is 9.89. The van der Waals surface area contributed by atoms with Crippen LogP contribution in [0.3, 0.4) is 0 Å². The molecule has 7 heteroatoms. The summed E-state index contributed by atoms with van der Waals surface area (Å²) >= 11 is 5.36. The Morgan fingerprint density at radius 1 is 1.16 bits per heavy atom. The Kier molecular flexibility index (Phi) is 6.30. The lowest BCUT2D eigenvalue weighted by molar-refractivity contribution is -0.172. The second kappa shape index (κ2) is 8.29. The lowest BCUT2D eigenvalue weighted by Gasteiger charge is -2.40. The second-order valence-electron chi connectivity index (χ2n) is 7.66. The van der Waals surface area contributed by atoms with Crippen LogP contribution >= 0.6 is 12.2 Å². The highest BCUT2D eigenvalue weighted by Crippen LogP contribution is 2.32. The van der Waals surface area contributed by atoms with Crippen molar-refractivity contribution in [3.63, 3.8) is 0 Å². The summed E-state index contributed by atoms with van der Waals surface area (Å²) in [5.41, 5.74) is -0.552. The van der Waals surface area contributed by atoms with Crippen LogP contribution in [0.25, 0.3) is 0 Å². The minimum absolute atomic E-state index is 0.00189. The van der Waals surface area contributed by atoms with Crippen LogP contribution in [0.1, 0.15) is 58.8 Å². The van der Waals surface area contributed by atoms with Gasteiger partial charge in [0, 0.05) is 12.6 Å². The van der Waals surface area contributed by atoms with Gasteiger partial charge in [-0.2, -0.15) is 0 Å². The Morgan fingerprint density at radius 2 is 1.88 bits per heavy atom. The van der Waals surface area contributed by atoms with Crippen LogP contribution in [0, 0.1) is 0 Å². The van der Waals surface area contributed by atoms with E-state index in [-0.39, 0.29) is 18.3 Å². The van der Waals surface area contributed by atoms with Gasteiger partial charge in [0.15, 0.2) is 11.4 Å². The molecule has 2 aliphatic heterocycles. The van der Waals surface area contributed by atoms with E-state index in [4.69, 9.17) is 26.4 Å². The monoisotopic (exact) mass is 370 g/mol. The highest BCUT2D eigenvalue weighted by atomic mass is 32.1. The fourth-order valence-corrected chi connectivity index (χ4v) is 4.47. The first-order valence-electron chi connectivity index (χ1n) is 9.48. The third-order valence-electron chi connectivity index (χ3n) is 5.48. The average molecular weight is 371 g/mol. The minimum atomic E-state index is -0.552. The second-order valence-corrected chi connectivity index (χ2v) is 8.04. The summed E-state index contributed by atoms with van der Waals surface area (Å²) in [6.07, 6.45) is 7.52. The number of thiocarbonyl (C=S) groups is 1. The molecule has 1 atom stereocenters. The van der Waals surface area contributed by atoms with Crippen LogP contribution in [0.15, 0.2) is 0 Å². The van der Waals surface area contributed by atoms with Gasteiger partial charge in [0.25, 0.3) is 5.91 Å². The van der Waals surface area contributed by atoms with Crippen molar-refractivity contribution in [3.8, 4) is 0 Å². The minimum Gasteiger partial charge on any atom is -0.376 e. The van der Waals surface area contributed by atoms with Gasteiger partial charge in [0.2, 0.25) is 0 Å². The Hall–Kier alpha value is -0.760. The number of carbonyl (C=O) groups excluding carboxylic acids is 1. The molecule has 1 saturated carbocycles. The summed E-state index contributed by atoms with van der Waals surface area (Å²) in [5.74, 6) is -0.00189. The SMILES string of the molecule is CC1(C)C(=O)NC(=S)N1[C@H]1CC[C@H](OCCOC2CCCCO2)CC1. The Labute approximate surface area is 155 Å². The van der Waals surface area contributed by atoms with Crippen molar-refractivity contribution in [3.05, 3.63) is 0 Å². The van der Waals surface area contributed by atoms with Gasteiger partial charge >= 0.3 is 0 Å². The fraction of sp³-hybridized carbons (Fsp3) is 0.889. The molecule has 0 aromatic heterocycles. The van der Waals surface area contributed by atoms with Gasteiger partial charge in [-0.15, -0.1) is 0 Å². The van der Waals surface area contributed by atoms with Crippen molar-refractivity contribution in [2.75, 3.05) is 19.8 Å². The normalized spacial score (nSPS) is 32.7. The van der Waals surface area contributed by atoms with Crippen molar-refractivity contribution in [1.29, 1.82) is 0 Å². The number of nitrogens with one attached hydrogen (secondary N) is 1. The van der Waals surface area contributed by atoms with Crippen molar-refractivity contribution < 1.29 is 19.0 Å². The van der Waals surface area contributed by atoms with Crippen LogP contribution in [0.4, 0.5) is 0 Å². The van der Waals surface area contributed by atoms with Crippen LogP contribution < -0.4 is 5.32 Å². The van der Waals surface area contributed by atoms with E-state index in [9.17, 15) is 4.79 Å². The topological polar surface area (TPSA) is 60.0 Å². The number of rotatable bonds is 6.